The van der Waals surface area contributed by atoms with E-state index >= 15 is 0 Å². The molecule has 2 aromatic rings. The van der Waals surface area contributed by atoms with Crippen molar-refractivity contribution in [2.24, 2.45) is 5.92 Å². The topological polar surface area (TPSA) is 84.3 Å². The van der Waals surface area contributed by atoms with Gasteiger partial charge in [-0.05, 0) is 43.2 Å². The summed E-state index contributed by atoms with van der Waals surface area (Å²) in [5, 5.41) is 13.9. The van der Waals surface area contributed by atoms with Crippen LogP contribution in [0.25, 0.3) is 0 Å². The van der Waals surface area contributed by atoms with Gasteiger partial charge < -0.3 is 15.2 Å². The Kier molecular flexibility index (Phi) is 5.27. The summed E-state index contributed by atoms with van der Waals surface area (Å²) in [6, 6.07) is 8.60. The highest BCUT2D eigenvalue weighted by atomic mass is 35.5. The Morgan fingerprint density at radius 3 is 2.79 bits per heavy atom. The molecule has 1 fully saturated rings. The molecule has 1 amide bonds. The third kappa shape index (κ3) is 4.01. The van der Waals surface area contributed by atoms with Gasteiger partial charge in [-0.15, -0.1) is 0 Å². The highest BCUT2D eigenvalue weighted by Crippen LogP contribution is 2.30. The Labute approximate surface area is 144 Å². The van der Waals surface area contributed by atoms with Gasteiger partial charge in [-0.1, -0.05) is 11.6 Å². The molecule has 0 radical (unpaired) electrons. The number of rotatable bonds is 5. The molecule has 2 N–H and O–H groups in total. The molecule has 3 atom stereocenters. The van der Waals surface area contributed by atoms with Crippen molar-refractivity contribution in [1.82, 2.24) is 15.3 Å². The average Bonchev–Trinajstić information content (AvgIpc) is 2.95. The zero-order valence-electron chi connectivity index (χ0n) is 12.9. The fourth-order valence-corrected chi connectivity index (χ4v) is 2.93. The number of carbonyl (C=O) groups excluding carboxylic acids is 1. The molecule has 0 aliphatic heterocycles. The molecule has 1 aromatic carbocycles. The van der Waals surface area contributed by atoms with E-state index in [1.807, 2.05) is 0 Å². The van der Waals surface area contributed by atoms with Gasteiger partial charge in [-0.3, -0.25) is 4.79 Å². The Balaban J connectivity index is 1.51. The van der Waals surface area contributed by atoms with Gasteiger partial charge in [-0.2, -0.15) is 0 Å². The van der Waals surface area contributed by atoms with E-state index < -0.39 is 6.10 Å². The lowest BCUT2D eigenvalue weighted by Crippen LogP contribution is -2.37. The highest BCUT2D eigenvalue weighted by Gasteiger charge is 2.36. The van der Waals surface area contributed by atoms with Gasteiger partial charge in [0.2, 0.25) is 0 Å². The van der Waals surface area contributed by atoms with Crippen LogP contribution in [0.3, 0.4) is 0 Å². The lowest BCUT2D eigenvalue weighted by atomic mass is 10.1. The van der Waals surface area contributed by atoms with E-state index in [0.717, 1.165) is 12.8 Å². The second-order valence-corrected chi connectivity index (χ2v) is 6.18. The second kappa shape index (κ2) is 7.59. The SMILES string of the molecule is O=C(NC[C@H]1CC[C@@H](Oc2ccc(Cl)cc2)[C@@H]1O)c1ccncn1. The number of aromatic nitrogens is 2. The molecule has 7 heteroatoms. The van der Waals surface area contributed by atoms with Crippen molar-refractivity contribution >= 4 is 17.5 Å². The Hall–Kier alpha value is -2.18. The summed E-state index contributed by atoms with van der Waals surface area (Å²) in [7, 11) is 0. The number of amides is 1. The van der Waals surface area contributed by atoms with E-state index in [-0.39, 0.29) is 17.9 Å². The predicted octanol–water partition coefficient (Wildman–Crippen LogP) is 2.08. The normalized spacial score (nSPS) is 23.0. The maximum Gasteiger partial charge on any atom is 0.270 e. The first-order valence-electron chi connectivity index (χ1n) is 7.78. The Morgan fingerprint density at radius 2 is 2.08 bits per heavy atom. The summed E-state index contributed by atoms with van der Waals surface area (Å²) >= 11 is 5.85. The third-order valence-corrected chi connectivity index (χ3v) is 4.38. The summed E-state index contributed by atoms with van der Waals surface area (Å²) in [6.45, 7) is 0.379. The maximum absolute atomic E-state index is 12.0. The number of ether oxygens (including phenoxy) is 1. The molecule has 1 heterocycles. The van der Waals surface area contributed by atoms with Crippen LogP contribution in [0.15, 0.2) is 42.9 Å². The van der Waals surface area contributed by atoms with Gasteiger partial charge >= 0.3 is 0 Å². The smallest absolute Gasteiger partial charge is 0.270 e. The monoisotopic (exact) mass is 347 g/mol. The molecule has 0 unspecified atom stereocenters. The first-order valence-corrected chi connectivity index (χ1v) is 8.16. The number of aliphatic hydroxyl groups excluding tert-OH is 1. The van der Waals surface area contributed by atoms with Gasteiger partial charge in [0.05, 0.1) is 6.10 Å². The van der Waals surface area contributed by atoms with Crippen LogP contribution >= 0.6 is 11.6 Å². The van der Waals surface area contributed by atoms with Crippen LogP contribution < -0.4 is 10.1 Å². The predicted molar refractivity (Wildman–Crippen MR) is 89.0 cm³/mol. The van der Waals surface area contributed by atoms with Crippen LogP contribution in [0.2, 0.25) is 5.02 Å². The summed E-state index contributed by atoms with van der Waals surface area (Å²) in [6.07, 6.45) is 3.44. The highest BCUT2D eigenvalue weighted by molar-refractivity contribution is 6.30. The molecule has 0 bridgehead atoms. The molecule has 1 aromatic heterocycles. The molecule has 1 saturated carbocycles. The first-order chi connectivity index (χ1) is 11.6. The zero-order chi connectivity index (χ0) is 16.9. The molecule has 6 nitrogen and oxygen atoms in total. The number of aliphatic hydroxyl groups is 1. The summed E-state index contributed by atoms with van der Waals surface area (Å²) in [5.74, 6) is 0.355. The van der Waals surface area contributed by atoms with Gasteiger partial charge in [0.1, 0.15) is 23.9 Å². The standard InChI is InChI=1S/C17H18ClN3O3/c18-12-2-4-13(5-3-12)24-15-6-1-11(16(15)22)9-20-17(23)14-7-8-19-10-21-14/h2-5,7-8,10-11,15-16,22H,1,6,9H2,(H,20,23)/t11-,15-,16-/m1/s1. The van der Waals surface area contributed by atoms with Crippen LogP contribution in [0.5, 0.6) is 5.75 Å². The largest absolute Gasteiger partial charge is 0.488 e. The van der Waals surface area contributed by atoms with Crippen molar-refractivity contribution in [3.63, 3.8) is 0 Å². The van der Waals surface area contributed by atoms with Crippen LogP contribution in [0, 0.1) is 5.92 Å². The maximum atomic E-state index is 12.0. The first kappa shape index (κ1) is 16.7. The van der Waals surface area contributed by atoms with Crippen LogP contribution in [-0.2, 0) is 0 Å². The van der Waals surface area contributed by atoms with Gasteiger partial charge in [-0.25, -0.2) is 9.97 Å². The summed E-state index contributed by atoms with van der Waals surface area (Å²) < 4.78 is 5.82. The number of hydrogen-bond donors (Lipinski definition) is 2. The molecule has 1 aliphatic rings. The molecule has 0 saturated heterocycles. The molecular formula is C17H18ClN3O3. The van der Waals surface area contributed by atoms with Crippen molar-refractivity contribution in [2.45, 2.75) is 25.0 Å². The fraction of sp³-hybridized carbons (Fsp3) is 0.353. The quantitative estimate of drug-likeness (QED) is 0.865. The zero-order valence-corrected chi connectivity index (χ0v) is 13.7. The number of halogens is 1. The summed E-state index contributed by atoms with van der Waals surface area (Å²) in [5.41, 5.74) is 0.312. The van der Waals surface area contributed by atoms with Crippen molar-refractivity contribution in [1.29, 1.82) is 0 Å². The van der Waals surface area contributed by atoms with E-state index in [4.69, 9.17) is 16.3 Å². The molecular weight excluding hydrogens is 330 g/mol. The number of benzene rings is 1. The summed E-state index contributed by atoms with van der Waals surface area (Å²) in [4.78, 5) is 19.7. The van der Waals surface area contributed by atoms with E-state index in [9.17, 15) is 9.90 Å². The van der Waals surface area contributed by atoms with Crippen LogP contribution in [0.1, 0.15) is 23.3 Å². The van der Waals surface area contributed by atoms with E-state index in [1.54, 1.807) is 30.3 Å². The van der Waals surface area contributed by atoms with E-state index in [0.29, 0.717) is 23.0 Å². The third-order valence-electron chi connectivity index (χ3n) is 4.13. The second-order valence-electron chi connectivity index (χ2n) is 5.74. The number of nitrogens with zero attached hydrogens (tertiary/aromatic N) is 2. The minimum Gasteiger partial charge on any atom is -0.488 e. The van der Waals surface area contributed by atoms with Gasteiger partial charge in [0.15, 0.2) is 0 Å². The molecule has 1 aliphatic carbocycles. The number of carbonyl (C=O) groups is 1. The number of hydrogen-bond acceptors (Lipinski definition) is 5. The van der Waals surface area contributed by atoms with E-state index in [1.165, 1.54) is 12.5 Å². The molecule has 24 heavy (non-hydrogen) atoms. The lowest BCUT2D eigenvalue weighted by molar-refractivity contribution is 0.0348. The van der Waals surface area contributed by atoms with Crippen LogP contribution in [0.4, 0.5) is 0 Å². The fourth-order valence-electron chi connectivity index (χ4n) is 2.80. The van der Waals surface area contributed by atoms with Crippen LogP contribution in [-0.4, -0.2) is 39.7 Å². The minimum atomic E-state index is -0.633. The van der Waals surface area contributed by atoms with Crippen molar-refractivity contribution < 1.29 is 14.6 Å². The lowest BCUT2D eigenvalue weighted by Gasteiger charge is -2.21. The molecule has 126 valence electrons. The number of nitrogens with one attached hydrogen (secondary N) is 1. The van der Waals surface area contributed by atoms with Gasteiger partial charge in [0, 0.05) is 23.7 Å². The van der Waals surface area contributed by atoms with Gasteiger partial charge in [0.25, 0.3) is 5.91 Å². The Bertz CT molecular complexity index is 681. The molecule has 0 spiro atoms. The van der Waals surface area contributed by atoms with E-state index in [2.05, 4.69) is 15.3 Å². The molecule has 3 rings (SSSR count). The Morgan fingerprint density at radius 1 is 1.29 bits per heavy atom. The van der Waals surface area contributed by atoms with Crippen molar-refractivity contribution in [3.05, 3.63) is 53.6 Å². The average molecular weight is 348 g/mol. The van der Waals surface area contributed by atoms with Crippen molar-refractivity contribution in [2.75, 3.05) is 6.54 Å². The van der Waals surface area contributed by atoms with Crippen molar-refractivity contribution in [3.8, 4) is 5.75 Å². The minimum absolute atomic E-state index is 0.0481.